The molecule has 0 radical (unpaired) electrons. The van der Waals surface area contributed by atoms with Crippen molar-refractivity contribution in [2.45, 2.75) is 32.5 Å². The number of fused-ring (bicyclic) bond motifs is 6. The molecule has 7 rings (SSSR count). The lowest BCUT2D eigenvalue weighted by atomic mass is 9.79. The Morgan fingerprint density at radius 2 is 1.49 bits per heavy atom. The van der Waals surface area contributed by atoms with Crippen molar-refractivity contribution in [1.29, 1.82) is 0 Å². The van der Waals surface area contributed by atoms with Gasteiger partial charge < -0.3 is 14.8 Å². The zero-order chi connectivity index (χ0) is 26.7. The van der Waals surface area contributed by atoms with Crippen LogP contribution in [0, 0.1) is 13.8 Å². The summed E-state index contributed by atoms with van der Waals surface area (Å²) in [5.74, 6) is 0.0452. The molecule has 2 aliphatic rings. The van der Waals surface area contributed by atoms with E-state index in [2.05, 4.69) is 125 Å². The number of benzene rings is 4. The highest BCUT2D eigenvalue weighted by molar-refractivity contribution is 9.10. The summed E-state index contributed by atoms with van der Waals surface area (Å²) in [4.78, 5) is 16.8. The van der Waals surface area contributed by atoms with Crippen LogP contribution in [0.5, 0.6) is 0 Å². The summed E-state index contributed by atoms with van der Waals surface area (Å²) < 4.78 is 3.31. The van der Waals surface area contributed by atoms with E-state index in [1.54, 1.807) is 0 Å². The molecule has 4 aromatic carbocycles. The lowest BCUT2D eigenvalue weighted by Gasteiger charge is -2.37. The number of carbonyl (C=O) groups excluding carboxylic acids is 1. The van der Waals surface area contributed by atoms with E-state index < -0.39 is 5.54 Å². The molecule has 1 atom stereocenters. The Hall–Kier alpha value is -4.09. The van der Waals surface area contributed by atoms with Crippen LogP contribution in [0.15, 0.2) is 108 Å². The Kier molecular flexibility index (Phi) is 5.53. The van der Waals surface area contributed by atoms with Crippen molar-refractivity contribution in [2.24, 2.45) is 0 Å². The van der Waals surface area contributed by atoms with Crippen molar-refractivity contribution in [3.63, 3.8) is 0 Å². The summed E-state index contributed by atoms with van der Waals surface area (Å²) in [6, 6.07) is 35.7. The molecule has 5 heteroatoms. The third kappa shape index (κ3) is 3.68. The second-order valence-corrected chi connectivity index (χ2v) is 11.5. The molecule has 0 saturated carbocycles. The number of nitrogens with zero attached hydrogens (tertiary/aromatic N) is 2. The lowest BCUT2D eigenvalue weighted by Crippen LogP contribution is -2.48. The van der Waals surface area contributed by atoms with E-state index in [0.717, 1.165) is 56.0 Å². The Bertz CT molecular complexity index is 1740. The number of aromatic nitrogens is 1. The third-order valence-corrected chi connectivity index (χ3v) is 8.57. The van der Waals surface area contributed by atoms with Crippen LogP contribution in [0.25, 0.3) is 11.3 Å². The second-order valence-electron chi connectivity index (χ2n) is 10.6. The maximum Gasteiger partial charge on any atom is 0.262 e. The van der Waals surface area contributed by atoms with E-state index in [0.29, 0.717) is 6.54 Å². The average Bonchev–Trinajstić information content (AvgIpc) is 3.39. The van der Waals surface area contributed by atoms with Crippen molar-refractivity contribution < 1.29 is 4.79 Å². The van der Waals surface area contributed by atoms with Gasteiger partial charge in [-0.25, -0.2) is 0 Å². The summed E-state index contributed by atoms with van der Waals surface area (Å²) in [7, 11) is 0. The van der Waals surface area contributed by atoms with Crippen LogP contribution in [0.3, 0.4) is 0 Å². The lowest BCUT2D eigenvalue weighted by molar-refractivity contribution is -0.121. The standard InChI is InChI=1S/C34H28BrN3O/c1-22-12-14-25(15-13-22)21-38-31-17-16-26(35)19-28(31)34(33(38)39)29-18-23(2)37(20-24-8-4-3-5-9-24)32(29)27-10-6-7-11-30(27)36-34/h3-19,36H,20-21H2,1-2H3. The van der Waals surface area contributed by atoms with Crippen LogP contribution in [0.1, 0.15) is 33.5 Å². The van der Waals surface area contributed by atoms with Crippen molar-refractivity contribution in [2.75, 3.05) is 10.2 Å². The van der Waals surface area contributed by atoms with Crippen LogP contribution in [0.4, 0.5) is 11.4 Å². The third-order valence-electron chi connectivity index (χ3n) is 8.08. The molecular weight excluding hydrogens is 546 g/mol. The molecule has 0 aliphatic carbocycles. The maximum absolute atomic E-state index is 14.8. The van der Waals surface area contributed by atoms with E-state index in [-0.39, 0.29) is 5.91 Å². The van der Waals surface area contributed by atoms with Gasteiger partial charge in [0.15, 0.2) is 5.54 Å². The van der Waals surface area contributed by atoms with Crippen molar-refractivity contribution in [3.05, 3.63) is 141 Å². The molecule has 0 bridgehead atoms. The number of hydrogen-bond donors (Lipinski definition) is 1. The van der Waals surface area contributed by atoms with Crippen LogP contribution in [0.2, 0.25) is 0 Å². The molecule has 192 valence electrons. The van der Waals surface area contributed by atoms with Crippen LogP contribution < -0.4 is 10.2 Å². The van der Waals surface area contributed by atoms with Gasteiger partial charge in [-0.3, -0.25) is 4.79 Å². The number of para-hydroxylation sites is 1. The van der Waals surface area contributed by atoms with Crippen LogP contribution in [-0.4, -0.2) is 10.5 Å². The van der Waals surface area contributed by atoms with Crippen molar-refractivity contribution in [1.82, 2.24) is 4.57 Å². The minimum Gasteiger partial charge on any atom is -0.363 e. The number of amides is 1. The molecule has 0 fully saturated rings. The first-order valence-electron chi connectivity index (χ1n) is 13.3. The molecule has 2 aliphatic heterocycles. The molecule has 1 aromatic heterocycles. The second kappa shape index (κ2) is 8.99. The minimum atomic E-state index is -1.03. The molecule has 0 saturated heterocycles. The Morgan fingerprint density at radius 3 is 2.28 bits per heavy atom. The fraction of sp³-hybridized carbons (Fsp3) is 0.147. The number of carbonyl (C=O) groups is 1. The van der Waals surface area contributed by atoms with Gasteiger partial charge in [-0.15, -0.1) is 0 Å². The van der Waals surface area contributed by atoms with Gasteiger partial charge in [-0.05, 0) is 55.3 Å². The number of aryl methyl sites for hydroxylation is 2. The van der Waals surface area contributed by atoms with E-state index >= 15 is 0 Å². The zero-order valence-corrected chi connectivity index (χ0v) is 23.5. The summed E-state index contributed by atoms with van der Waals surface area (Å²) in [5.41, 5.74) is 9.74. The largest absolute Gasteiger partial charge is 0.363 e. The van der Waals surface area contributed by atoms with E-state index in [9.17, 15) is 4.79 Å². The molecule has 3 heterocycles. The van der Waals surface area contributed by atoms with Crippen molar-refractivity contribution in [3.8, 4) is 11.3 Å². The topological polar surface area (TPSA) is 37.3 Å². The van der Waals surface area contributed by atoms with Crippen LogP contribution in [-0.2, 0) is 23.4 Å². The number of anilines is 2. The van der Waals surface area contributed by atoms with Gasteiger partial charge in [0.05, 0.1) is 17.9 Å². The zero-order valence-electron chi connectivity index (χ0n) is 21.9. The van der Waals surface area contributed by atoms with Gasteiger partial charge in [-0.2, -0.15) is 0 Å². The summed E-state index contributed by atoms with van der Waals surface area (Å²) >= 11 is 3.70. The molecule has 1 unspecified atom stereocenters. The van der Waals surface area contributed by atoms with E-state index in [4.69, 9.17) is 0 Å². The monoisotopic (exact) mass is 573 g/mol. The highest BCUT2D eigenvalue weighted by Gasteiger charge is 2.56. The molecule has 5 aromatic rings. The maximum atomic E-state index is 14.8. The quantitative estimate of drug-likeness (QED) is 0.238. The predicted molar refractivity (Wildman–Crippen MR) is 161 cm³/mol. The van der Waals surface area contributed by atoms with Gasteiger partial charge in [0.1, 0.15) is 0 Å². The summed E-state index contributed by atoms with van der Waals surface area (Å²) in [5, 5.41) is 3.77. The Labute approximate surface area is 237 Å². The van der Waals surface area contributed by atoms with Crippen LogP contribution >= 0.6 is 15.9 Å². The number of nitrogens with one attached hydrogen (secondary N) is 1. The molecule has 1 N–H and O–H groups in total. The molecule has 39 heavy (non-hydrogen) atoms. The van der Waals surface area contributed by atoms with E-state index in [1.807, 2.05) is 23.1 Å². The molecule has 1 amide bonds. The molecular formula is C34H28BrN3O. The van der Waals surface area contributed by atoms with Gasteiger partial charge in [0, 0.05) is 39.1 Å². The first-order chi connectivity index (χ1) is 19.0. The summed E-state index contributed by atoms with van der Waals surface area (Å²) in [6.45, 7) is 5.47. The number of halogens is 1. The highest BCUT2D eigenvalue weighted by atomic mass is 79.9. The summed E-state index contributed by atoms with van der Waals surface area (Å²) in [6.07, 6.45) is 0. The fourth-order valence-electron chi connectivity index (χ4n) is 6.18. The Morgan fingerprint density at radius 1 is 0.769 bits per heavy atom. The fourth-order valence-corrected chi connectivity index (χ4v) is 6.54. The smallest absolute Gasteiger partial charge is 0.262 e. The van der Waals surface area contributed by atoms with Crippen molar-refractivity contribution >= 4 is 33.2 Å². The van der Waals surface area contributed by atoms with E-state index in [1.165, 1.54) is 11.1 Å². The van der Waals surface area contributed by atoms with Gasteiger partial charge >= 0.3 is 0 Å². The normalized spacial score (nSPS) is 17.1. The highest BCUT2D eigenvalue weighted by Crippen LogP contribution is 2.54. The van der Waals surface area contributed by atoms with Gasteiger partial charge in [0.2, 0.25) is 0 Å². The SMILES string of the molecule is Cc1ccc(CN2C(=O)C3(Nc4ccccc4-c4c3cc(C)n4Cc3ccccc3)c3cc(Br)ccc32)cc1. The first-order valence-corrected chi connectivity index (χ1v) is 14.0. The number of hydrogen-bond acceptors (Lipinski definition) is 2. The molecule has 4 nitrogen and oxygen atoms in total. The molecule has 1 spiro atoms. The predicted octanol–water partition coefficient (Wildman–Crippen LogP) is 7.80. The minimum absolute atomic E-state index is 0.0452. The van der Waals surface area contributed by atoms with Gasteiger partial charge in [0.25, 0.3) is 5.91 Å². The van der Waals surface area contributed by atoms with Gasteiger partial charge in [-0.1, -0.05) is 94.3 Å². The number of rotatable bonds is 4. The first kappa shape index (κ1) is 24.0. The average molecular weight is 575 g/mol. The Balaban J connectivity index is 1.45.